The summed E-state index contributed by atoms with van der Waals surface area (Å²) < 4.78 is 5.16. The molecule has 1 aromatic carbocycles. The molecule has 0 saturated carbocycles. The van der Waals surface area contributed by atoms with E-state index in [-0.39, 0.29) is 5.56 Å². The Morgan fingerprint density at radius 1 is 1.32 bits per heavy atom. The second-order valence-corrected chi connectivity index (χ2v) is 3.97. The molecule has 0 aliphatic heterocycles. The SMILES string of the molecule is COc1cccc(N(C)c2cc(C(=O)O)ccn2)c1. The van der Waals surface area contributed by atoms with Gasteiger partial charge < -0.3 is 14.7 Å². The first-order valence-electron chi connectivity index (χ1n) is 5.69. The van der Waals surface area contributed by atoms with Crippen LogP contribution in [0.1, 0.15) is 10.4 Å². The van der Waals surface area contributed by atoms with E-state index < -0.39 is 5.97 Å². The molecule has 1 N–H and O–H groups in total. The summed E-state index contributed by atoms with van der Waals surface area (Å²) in [4.78, 5) is 16.9. The summed E-state index contributed by atoms with van der Waals surface area (Å²) in [5.74, 6) is 0.328. The van der Waals surface area contributed by atoms with Gasteiger partial charge in [-0.25, -0.2) is 9.78 Å². The van der Waals surface area contributed by atoms with Crippen LogP contribution in [0.25, 0.3) is 0 Å². The van der Waals surface area contributed by atoms with Gasteiger partial charge in [0.25, 0.3) is 0 Å². The molecule has 2 rings (SSSR count). The van der Waals surface area contributed by atoms with E-state index >= 15 is 0 Å². The maximum Gasteiger partial charge on any atom is 0.335 e. The lowest BCUT2D eigenvalue weighted by Gasteiger charge is -2.19. The summed E-state index contributed by atoms with van der Waals surface area (Å²) in [6.07, 6.45) is 1.48. The molecular weight excluding hydrogens is 244 g/mol. The lowest BCUT2D eigenvalue weighted by molar-refractivity contribution is 0.0697. The molecule has 0 saturated heterocycles. The van der Waals surface area contributed by atoms with Crippen LogP contribution in [0.15, 0.2) is 42.6 Å². The normalized spacial score (nSPS) is 10.0. The van der Waals surface area contributed by atoms with Gasteiger partial charge in [-0.3, -0.25) is 0 Å². The van der Waals surface area contributed by atoms with E-state index in [4.69, 9.17) is 9.84 Å². The molecule has 98 valence electrons. The molecule has 1 heterocycles. The van der Waals surface area contributed by atoms with Crippen LogP contribution in [-0.4, -0.2) is 30.2 Å². The smallest absolute Gasteiger partial charge is 0.335 e. The number of carboxylic acid groups (broad SMARTS) is 1. The van der Waals surface area contributed by atoms with Gasteiger partial charge in [-0.2, -0.15) is 0 Å². The molecule has 5 nitrogen and oxygen atoms in total. The number of carboxylic acids is 1. The number of nitrogens with zero attached hydrogens (tertiary/aromatic N) is 2. The molecule has 0 aliphatic rings. The summed E-state index contributed by atoms with van der Waals surface area (Å²) in [6.45, 7) is 0. The molecule has 0 spiro atoms. The fourth-order valence-electron chi connectivity index (χ4n) is 1.69. The minimum atomic E-state index is -0.970. The second kappa shape index (κ2) is 5.39. The summed E-state index contributed by atoms with van der Waals surface area (Å²) in [7, 11) is 3.42. The Morgan fingerprint density at radius 3 is 2.79 bits per heavy atom. The van der Waals surface area contributed by atoms with E-state index in [1.165, 1.54) is 18.3 Å². The molecule has 2 aromatic rings. The lowest BCUT2D eigenvalue weighted by atomic mass is 10.2. The van der Waals surface area contributed by atoms with Crippen LogP contribution in [0.3, 0.4) is 0 Å². The topological polar surface area (TPSA) is 62.7 Å². The minimum Gasteiger partial charge on any atom is -0.497 e. The number of hydrogen-bond donors (Lipinski definition) is 1. The van der Waals surface area contributed by atoms with Crippen molar-refractivity contribution in [1.82, 2.24) is 4.98 Å². The zero-order valence-corrected chi connectivity index (χ0v) is 10.7. The van der Waals surface area contributed by atoms with Crippen molar-refractivity contribution in [3.05, 3.63) is 48.2 Å². The van der Waals surface area contributed by atoms with E-state index in [9.17, 15) is 4.79 Å². The van der Waals surface area contributed by atoms with Crippen LogP contribution in [0.5, 0.6) is 5.75 Å². The minimum absolute atomic E-state index is 0.208. The van der Waals surface area contributed by atoms with Crippen molar-refractivity contribution in [3.8, 4) is 5.75 Å². The number of anilines is 2. The number of aromatic nitrogens is 1. The van der Waals surface area contributed by atoms with Gasteiger partial charge in [-0.1, -0.05) is 6.07 Å². The molecule has 0 bridgehead atoms. The third-order valence-corrected chi connectivity index (χ3v) is 2.78. The Kier molecular flexibility index (Phi) is 3.66. The van der Waals surface area contributed by atoms with Gasteiger partial charge in [-0.15, -0.1) is 0 Å². The van der Waals surface area contributed by atoms with Gasteiger partial charge in [0.15, 0.2) is 0 Å². The van der Waals surface area contributed by atoms with Gasteiger partial charge in [-0.05, 0) is 24.3 Å². The zero-order chi connectivity index (χ0) is 13.8. The molecule has 0 radical (unpaired) electrons. The molecule has 0 aliphatic carbocycles. The van der Waals surface area contributed by atoms with Crippen LogP contribution in [0.2, 0.25) is 0 Å². The van der Waals surface area contributed by atoms with E-state index in [0.29, 0.717) is 5.82 Å². The van der Waals surface area contributed by atoms with Gasteiger partial charge in [0.2, 0.25) is 0 Å². The average Bonchev–Trinajstić information content (AvgIpc) is 2.46. The van der Waals surface area contributed by atoms with Gasteiger partial charge in [0, 0.05) is 25.0 Å². The molecule has 19 heavy (non-hydrogen) atoms. The molecule has 0 atom stereocenters. The predicted molar refractivity (Wildman–Crippen MR) is 72.3 cm³/mol. The Labute approximate surface area is 111 Å². The zero-order valence-electron chi connectivity index (χ0n) is 10.7. The third kappa shape index (κ3) is 2.82. The maximum atomic E-state index is 10.9. The fraction of sp³-hybridized carbons (Fsp3) is 0.143. The highest BCUT2D eigenvalue weighted by atomic mass is 16.5. The number of benzene rings is 1. The van der Waals surface area contributed by atoms with E-state index in [1.807, 2.05) is 31.3 Å². The van der Waals surface area contributed by atoms with Crippen molar-refractivity contribution < 1.29 is 14.6 Å². The maximum absolute atomic E-state index is 10.9. The monoisotopic (exact) mass is 258 g/mol. The predicted octanol–water partition coefficient (Wildman–Crippen LogP) is 2.56. The fourth-order valence-corrected chi connectivity index (χ4v) is 1.69. The Bertz CT molecular complexity index is 599. The standard InChI is InChI=1S/C14H14N2O3/c1-16(11-4-3-5-12(9-11)19-2)13-8-10(14(17)18)6-7-15-13/h3-9H,1-2H3,(H,17,18). The van der Waals surface area contributed by atoms with Crippen molar-refractivity contribution in [2.24, 2.45) is 0 Å². The highest BCUT2D eigenvalue weighted by molar-refractivity contribution is 5.88. The van der Waals surface area contributed by atoms with E-state index in [1.54, 1.807) is 12.0 Å². The van der Waals surface area contributed by atoms with Crippen LogP contribution in [0.4, 0.5) is 11.5 Å². The number of carbonyl (C=O) groups is 1. The van der Waals surface area contributed by atoms with Crippen molar-refractivity contribution in [2.45, 2.75) is 0 Å². The third-order valence-electron chi connectivity index (χ3n) is 2.78. The first-order valence-corrected chi connectivity index (χ1v) is 5.69. The van der Waals surface area contributed by atoms with Crippen molar-refractivity contribution >= 4 is 17.5 Å². The molecule has 0 amide bonds. The average molecular weight is 258 g/mol. The highest BCUT2D eigenvalue weighted by Crippen LogP contribution is 2.25. The first kappa shape index (κ1) is 12.9. The molecular formula is C14H14N2O3. The number of rotatable bonds is 4. The first-order chi connectivity index (χ1) is 9.11. The lowest BCUT2D eigenvalue weighted by Crippen LogP contribution is -2.12. The van der Waals surface area contributed by atoms with Crippen molar-refractivity contribution in [2.75, 3.05) is 19.1 Å². The molecule has 0 unspecified atom stereocenters. The number of aromatic carboxylic acids is 1. The summed E-state index contributed by atoms with van der Waals surface area (Å²) in [6, 6.07) is 10.5. The largest absolute Gasteiger partial charge is 0.497 e. The summed E-state index contributed by atoms with van der Waals surface area (Å²) in [5.41, 5.74) is 1.08. The van der Waals surface area contributed by atoms with E-state index in [2.05, 4.69) is 4.98 Å². The molecule has 0 fully saturated rings. The highest BCUT2D eigenvalue weighted by Gasteiger charge is 2.09. The van der Waals surface area contributed by atoms with Gasteiger partial charge in [0.05, 0.1) is 12.7 Å². The number of methoxy groups -OCH3 is 1. The van der Waals surface area contributed by atoms with Crippen molar-refractivity contribution in [3.63, 3.8) is 0 Å². The Balaban J connectivity index is 2.35. The molecule has 5 heteroatoms. The number of hydrogen-bond acceptors (Lipinski definition) is 4. The van der Waals surface area contributed by atoms with Crippen LogP contribution in [-0.2, 0) is 0 Å². The van der Waals surface area contributed by atoms with Gasteiger partial charge >= 0.3 is 5.97 Å². The quantitative estimate of drug-likeness (QED) is 0.913. The van der Waals surface area contributed by atoms with Crippen LogP contribution in [0, 0.1) is 0 Å². The van der Waals surface area contributed by atoms with Crippen LogP contribution < -0.4 is 9.64 Å². The second-order valence-electron chi connectivity index (χ2n) is 3.97. The van der Waals surface area contributed by atoms with Crippen molar-refractivity contribution in [1.29, 1.82) is 0 Å². The van der Waals surface area contributed by atoms with Gasteiger partial charge in [0.1, 0.15) is 11.6 Å². The number of ether oxygens (including phenoxy) is 1. The summed E-state index contributed by atoms with van der Waals surface area (Å²) >= 11 is 0. The summed E-state index contributed by atoms with van der Waals surface area (Å²) in [5, 5.41) is 8.98. The Morgan fingerprint density at radius 2 is 2.11 bits per heavy atom. The van der Waals surface area contributed by atoms with Crippen LogP contribution >= 0.6 is 0 Å². The number of pyridine rings is 1. The molecule has 1 aromatic heterocycles. The Hall–Kier alpha value is -2.56. The van der Waals surface area contributed by atoms with E-state index in [0.717, 1.165) is 11.4 Å².